The summed E-state index contributed by atoms with van der Waals surface area (Å²) in [5, 5.41) is 14.0. The maximum atomic E-state index is 12.3. The van der Waals surface area contributed by atoms with Crippen LogP contribution in [-0.2, 0) is 10.1 Å². The van der Waals surface area contributed by atoms with Crippen molar-refractivity contribution in [1.29, 1.82) is 0 Å². The number of rotatable bonds is 6. The van der Waals surface area contributed by atoms with Crippen LogP contribution in [0.4, 0.5) is 11.4 Å². The van der Waals surface area contributed by atoms with Gasteiger partial charge in [0.25, 0.3) is 11.6 Å². The molecule has 0 unspecified atom stereocenters. The van der Waals surface area contributed by atoms with Gasteiger partial charge in [-0.3, -0.25) is 14.9 Å². The molecule has 10 heteroatoms. The molecular weight excluding hydrogens is 420 g/mol. The molecule has 0 saturated carbocycles. The van der Waals surface area contributed by atoms with Crippen LogP contribution in [0.25, 0.3) is 0 Å². The Hall–Kier alpha value is -3.43. The summed E-state index contributed by atoms with van der Waals surface area (Å²) >= 11 is 5.79. The van der Waals surface area contributed by atoms with E-state index in [4.69, 9.17) is 15.8 Å². The number of amides is 1. The van der Waals surface area contributed by atoms with E-state index in [9.17, 15) is 23.3 Å². The van der Waals surface area contributed by atoms with Crippen LogP contribution in [-0.4, -0.2) is 19.2 Å². The van der Waals surface area contributed by atoms with Crippen molar-refractivity contribution in [2.24, 2.45) is 0 Å². The number of nitro groups is 1. The molecule has 0 aliphatic rings. The zero-order valence-electron chi connectivity index (χ0n) is 14.6. The summed E-state index contributed by atoms with van der Waals surface area (Å²) in [5.41, 5.74) is 0.455. The molecule has 148 valence electrons. The van der Waals surface area contributed by atoms with Crippen molar-refractivity contribution in [3.63, 3.8) is 0 Å². The van der Waals surface area contributed by atoms with Gasteiger partial charge in [-0.15, -0.1) is 0 Å². The Kier molecular flexibility index (Phi) is 5.81. The van der Waals surface area contributed by atoms with E-state index in [2.05, 4.69) is 5.32 Å². The number of nitrogens with zero attached hydrogens (tertiary/aromatic N) is 1. The first-order valence-corrected chi connectivity index (χ1v) is 9.89. The van der Waals surface area contributed by atoms with Gasteiger partial charge >= 0.3 is 10.1 Å². The van der Waals surface area contributed by atoms with E-state index in [1.165, 1.54) is 42.5 Å². The Morgan fingerprint density at radius 2 is 1.66 bits per heavy atom. The van der Waals surface area contributed by atoms with Crippen LogP contribution in [0.1, 0.15) is 10.4 Å². The minimum Gasteiger partial charge on any atom is -0.379 e. The van der Waals surface area contributed by atoms with Gasteiger partial charge in [0.2, 0.25) is 0 Å². The van der Waals surface area contributed by atoms with Gasteiger partial charge < -0.3 is 9.50 Å². The third-order valence-electron chi connectivity index (χ3n) is 3.74. The molecule has 8 nitrogen and oxygen atoms in total. The molecule has 0 aliphatic heterocycles. The van der Waals surface area contributed by atoms with Crippen LogP contribution in [0.2, 0.25) is 5.02 Å². The van der Waals surface area contributed by atoms with Crippen molar-refractivity contribution in [3.8, 4) is 5.75 Å². The van der Waals surface area contributed by atoms with E-state index in [0.717, 1.165) is 6.07 Å². The van der Waals surface area contributed by atoms with Crippen molar-refractivity contribution in [2.75, 3.05) is 5.32 Å². The SMILES string of the molecule is O=C(Nc1ccc(Cl)cc1)c1ccc(OS(=O)(=O)c2cccc([N+](=O)[O-])c2)cc1. The van der Waals surface area contributed by atoms with E-state index >= 15 is 0 Å². The van der Waals surface area contributed by atoms with Gasteiger partial charge in [0.15, 0.2) is 0 Å². The highest BCUT2D eigenvalue weighted by molar-refractivity contribution is 7.87. The van der Waals surface area contributed by atoms with Crippen LogP contribution in [0.5, 0.6) is 5.75 Å². The highest BCUT2D eigenvalue weighted by Crippen LogP contribution is 2.23. The Labute approximate surface area is 171 Å². The smallest absolute Gasteiger partial charge is 0.339 e. The fourth-order valence-electron chi connectivity index (χ4n) is 2.33. The van der Waals surface area contributed by atoms with Crippen molar-refractivity contribution in [1.82, 2.24) is 0 Å². The molecule has 0 spiro atoms. The lowest BCUT2D eigenvalue weighted by atomic mass is 10.2. The van der Waals surface area contributed by atoms with Gasteiger partial charge in [-0.25, -0.2) is 0 Å². The van der Waals surface area contributed by atoms with Crippen molar-refractivity contribution < 1.29 is 22.3 Å². The second-order valence-corrected chi connectivity index (χ2v) is 7.76. The van der Waals surface area contributed by atoms with E-state index in [0.29, 0.717) is 10.7 Å². The number of nitro benzene ring substituents is 1. The average Bonchev–Trinajstić information content (AvgIpc) is 2.70. The largest absolute Gasteiger partial charge is 0.379 e. The van der Waals surface area contributed by atoms with Gasteiger partial charge in [-0.05, 0) is 54.6 Å². The molecule has 3 aromatic carbocycles. The molecule has 0 aromatic heterocycles. The number of benzene rings is 3. The summed E-state index contributed by atoms with van der Waals surface area (Å²) in [6, 6.07) is 16.5. The van der Waals surface area contributed by atoms with Crippen LogP contribution >= 0.6 is 11.6 Å². The normalized spacial score (nSPS) is 10.9. The molecule has 0 atom stereocenters. The highest BCUT2D eigenvalue weighted by atomic mass is 35.5. The first-order valence-electron chi connectivity index (χ1n) is 8.10. The van der Waals surface area contributed by atoms with Crippen LogP contribution in [0.15, 0.2) is 77.7 Å². The van der Waals surface area contributed by atoms with Crippen LogP contribution < -0.4 is 9.50 Å². The van der Waals surface area contributed by atoms with Gasteiger partial charge in [0.1, 0.15) is 10.6 Å². The lowest BCUT2D eigenvalue weighted by molar-refractivity contribution is -0.385. The summed E-state index contributed by atoms with van der Waals surface area (Å²) in [4.78, 5) is 22.0. The van der Waals surface area contributed by atoms with E-state index in [1.54, 1.807) is 24.3 Å². The molecule has 0 fully saturated rings. The van der Waals surface area contributed by atoms with Crippen molar-refractivity contribution in [2.45, 2.75) is 4.90 Å². The summed E-state index contributed by atoms with van der Waals surface area (Å²) in [5.74, 6) is -0.444. The van der Waals surface area contributed by atoms with E-state index in [1.807, 2.05) is 0 Å². The third kappa shape index (κ3) is 5.09. The molecule has 1 amide bonds. The van der Waals surface area contributed by atoms with E-state index in [-0.39, 0.29) is 21.9 Å². The minimum atomic E-state index is -4.27. The Morgan fingerprint density at radius 3 is 2.28 bits per heavy atom. The molecule has 1 N–H and O–H groups in total. The first-order chi connectivity index (χ1) is 13.7. The van der Waals surface area contributed by atoms with Crippen molar-refractivity contribution >= 4 is 39.0 Å². The number of nitrogens with one attached hydrogen (secondary N) is 1. The van der Waals surface area contributed by atoms with Gasteiger partial charge in [0.05, 0.1) is 4.92 Å². The number of anilines is 1. The summed E-state index contributed by atoms with van der Waals surface area (Å²) < 4.78 is 29.7. The molecule has 0 bridgehead atoms. The Morgan fingerprint density at radius 1 is 1.00 bits per heavy atom. The standard InChI is InChI=1S/C19H13ClN2O6S/c20-14-6-8-15(9-7-14)21-19(23)13-4-10-17(11-5-13)28-29(26,27)18-3-1-2-16(12-18)22(24)25/h1-12H,(H,21,23). The summed E-state index contributed by atoms with van der Waals surface area (Å²) in [6.45, 7) is 0. The average molecular weight is 433 g/mol. The van der Waals surface area contributed by atoms with Crippen molar-refractivity contribution in [3.05, 3.63) is 93.5 Å². The molecular formula is C19H13ClN2O6S. The predicted molar refractivity (Wildman–Crippen MR) is 107 cm³/mol. The molecule has 3 aromatic rings. The summed E-state index contributed by atoms with van der Waals surface area (Å²) in [6.07, 6.45) is 0. The monoisotopic (exact) mass is 432 g/mol. The molecule has 0 heterocycles. The molecule has 0 aliphatic carbocycles. The summed E-state index contributed by atoms with van der Waals surface area (Å²) in [7, 11) is -4.27. The number of carbonyl (C=O) groups is 1. The Balaban J connectivity index is 1.72. The number of halogens is 1. The maximum absolute atomic E-state index is 12.3. The van der Waals surface area contributed by atoms with Crippen LogP contribution in [0.3, 0.4) is 0 Å². The fraction of sp³-hybridized carbons (Fsp3) is 0. The zero-order chi connectivity index (χ0) is 21.0. The van der Waals surface area contributed by atoms with Gasteiger partial charge in [-0.1, -0.05) is 17.7 Å². The zero-order valence-corrected chi connectivity index (χ0v) is 16.2. The first kappa shape index (κ1) is 20.3. The van der Waals surface area contributed by atoms with Gasteiger partial charge in [0, 0.05) is 28.4 Å². The topological polar surface area (TPSA) is 116 Å². The van der Waals surface area contributed by atoms with Gasteiger partial charge in [-0.2, -0.15) is 8.42 Å². The number of non-ortho nitro benzene ring substituents is 1. The predicted octanol–water partition coefficient (Wildman–Crippen LogP) is 4.27. The quantitative estimate of drug-likeness (QED) is 0.353. The number of carbonyl (C=O) groups excluding carboxylic acids is 1. The second kappa shape index (κ2) is 8.29. The molecule has 0 saturated heterocycles. The van der Waals surface area contributed by atoms with Crippen LogP contribution in [0, 0.1) is 10.1 Å². The molecule has 29 heavy (non-hydrogen) atoms. The number of hydrogen-bond donors (Lipinski definition) is 1. The molecule has 0 radical (unpaired) electrons. The van der Waals surface area contributed by atoms with E-state index < -0.39 is 20.9 Å². The highest BCUT2D eigenvalue weighted by Gasteiger charge is 2.20. The Bertz CT molecular complexity index is 1160. The maximum Gasteiger partial charge on any atom is 0.339 e. The number of hydrogen-bond acceptors (Lipinski definition) is 6. The second-order valence-electron chi connectivity index (χ2n) is 5.78. The lowest BCUT2D eigenvalue weighted by Gasteiger charge is -2.08. The fourth-order valence-corrected chi connectivity index (χ4v) is 3.42. The molecule has 3 rings (SSSR count). The lowest BCUT2D eigenvalue weighted by Crippen LogP contribution is -2.12. The third-order valence-corrected chi connectivity index (χ3v) is 5.24. The minimum absolute atomic E-state index is 0.0421.